The SMILES string of the molecule is CCCN1CCCCC1C(=O)NC1CCc2cc(Cl)ccc21. The number of fused-ring (bicyclic) bond motifs is 1. The number of rotatable bonds is 4. The second-order valence-corrected chi connectivity index (χ2v) is 6.93. The molecule has 1 aliphatic heterocycles. The van der Waals surface area contributed by atoms with Crippen molar-refractivity contribution in [1.82, 2.24) is 10.2 Å². The lowest BCUT2D eigenvalue weighted by molar-refractivity contribution is -0.128. The van der Waals surface area contributed by atoms with Gasteiger partial charge in [-0.15, -0.1) is 0 Å². The van der Waals surface area contributed by atoms with E-state index < -0.39 is 0 Å². The standard InChI is InChI=1S/C18H25ClN2O/c1-2-10-21-11-4-3-5-17(21)18(22)20-16-9-6-13-12-14(19)7-8-15(13)16/h7-8,12,16-17H,2-6,9-11H2,1H3,(H,20,22). The molecule has 1 saturated heterocycles. The van der Waals surface area contributed by atoms with Crippen molar-refractivity contribution in [2.75, 3.05) is 13.1 Å². The van der Waals surface area contributed by atoms with E-state index in [0.717, 1.165) is 50.2 Å². The first-order valence-electron chi connectivity index (χ1n) is 8.51. The van der Waals surface area contributed by atoms with Gasteiger partial charge in [0.05, 0.1) is 12.1 Å². The highest BCUT2D eigenvalue weighted by atomic mass is 35.5. The van der Waals surface area contributed by atoms with Crippen LogP contribution in [0.3, 0.4) is 0 Å². The van der Waals surface area contributed by atoms with Crippen LogP contribution in [0.4, 0.5) is 0 Å². The summed E-state index contributed by atoms with van der Waals surface area (Å²) in [6.45, 7) is 4.26. The Morgan fingerprint density at radius 1 is 1.36 bits per heavy atom. The van der Waals surface area contributed by atoms with Crippen molar-refractivity contribution in [3.8, 4) is 0 Å². The fraction of sp³-hybridized carbons (Fsp3) is 0.611. The summed E-state index contributed by atoms with van der Waals surface area (Å²) in [6.07, 6.45) is 6.47. The molecule has 2 atom stereocenters. The number of amides is 1. The molecule has 4 heteroatoms. The van der Waals surface area contributed by atoms with E-state index in [0.29, 0.717) is 0 Å². The van der Waals surface area contributed by atoms with Crippen LogP contribution >= 0.6 is 11.6 Å². The number of carbonyl (C=O) groups excluding carboxylic acids is 1. The molecule has 0 aromatic heterocycles. The largest absolute Gasteiger partial charge is 0.348 e. The van der Waals surface area contributed by atoms with Gasteiger partial charge in [0.25, 0.3) is 0 Å². The first-order valence-corrected chi connectivity index (χ1v) is 8.89. The van der Waals surface area contributed by atoms with Crippen LogP contribution in [0.2, 0.25) is 5.02 Å². The minimum absolute atomic E-state index is 0.0602. The Kier molecular flexibility index (Phi) is 5.04. The first-order chi connectivity index (χ1) is 10.7. The van der Waals surface area contributed by atoms with E-state index in [1.165, 1.54) is 17.5 Å². The molecule has 1 N–H and O–H groups in total. The molecule has 1 amide bonds. The van der Waals surface area contributed by atoms with Crippen molar-refractivity contribution in [2.24, 2.45) is 0 Å². The van der Waals surface area contributed by atoms with Crippen LogP contribution in [0.1, 0.15) is 56.2 Å². The molecule has 22 heavy (non-hydrogen) atoms. The zero-order valence-corrected chi connectivity index (χ0v) is 14.0. The second kappa shape index (κ2) is 7.01. The number of carbonyl (C=O) groups is 1. The summed E-state index contributed by atoms with van der Waals surface area (Å²) in [4.78, 5) is 15.1. The molecule has 2 aliphatic rings. The van der Waals surface area contributed by atoms with E-state index in [2.05, 4.69) is 23.2 Å². The van der Waals surface area contributed by atoms with E-state index in [4.69, 9.17) is 11.6 Å². The van der Waals surface area contributed by atoms with Crippen LogP contribution in [0.5, 0.6) is 0 Å². The third kappa shape index (κ3) is 3.31. The van der Waals surface area contributed by atoms with Gasteiger partial charge in [-0.05, 0) is 68.5 Å². The number of piperidine rings is 1. The highest BCUT2D eigenvalue weighted by Crippen LogP contribution is 2.33. The molecule has 1 aliphatic carbocycles. The third-order valence-electron chi connectivity index (χ3n) is 4.93. The Labute approximate surface area is 138 Å². The topological polar surface area (TPSA) is 32.3 Å². The van der Waals surface area contributed by atoms with Gasteiger partial charge < -0.3 is 5.32 Å². The van der Waals surface area contributed by atoms with Crippen molar-refractivity contribution in [3.63, 3.8) is 0 Å². The number of nitrogens with one attached hydrogen (secondary N) is 1. The van der Waals surface area contributed by atoms with E-state index in [1.54, 1.807) is 0 Å². The number of benzene rings is 1. The summed E-state index contributed by atoms with van der Waals surface area (Å²) < 4.78 is 0. The quantitative estimate of drug-likeness (QED) is 0.917. The van der Waals surface area contributed by atoms with Crippen molar-refractivity contribution in [1.29, 1.82) is 0 Å². The van der Waals surface area contributed by atoms with Crippen molar-refractivity contribution < 1.29 is 4.79 Å². The minimum atomic E-state index is 0.0602. The lowest BCUT2D eigenvalue weighted by Gasteiger charge is -2.35. The number of halogens is 1. The van der Waals surface area contributed by atoms with Crippen molar-refractivity contribution in [3.05, 3.63) is 34.3 Å². The minimum Gasteiger partial charge on any atom is -0.348 e. The van der Waals surface area contributed by atoms with Crippen LogP contribution in [0.15, 0.2) is 18.2 Å². The van der Waals surface area contributed by atoms with Crippen LogP contribution in [-0.2, 0) is 11.2 Å². The lowest BCUT2D eigenvalue weighted by Crippen LogP contribution is -2.50. The van der Waals surface area contributed by atoms with Crippen LogP contribution in [0, 0.1) is 0 Å². The molecule has 0 bridgehead atoms. The van der Waals surface area contributed by atoms with Crippen molar-refractivity contribution in [2.45, 2.75) is 57.5 Å². The van der Waals surface area contributed by atoms with Crippen LogP contribution in [-0.4, -0.2) is 29.9 Å². The molecule has 1 heterocycles. The summed E-state index contributed by atoms with van der Waals surface area (Å²) in [5.74, 6) is 0.209. The van der Waals surface area contributed by atoms with Gasteiger partial charge >= 0.3 is 0 Å². The first kappa shape index (κ1) is 15.8. The number of hydrogen-bond acceptors (Lipinski definition) is 2. The van der Waals surface area contributed by atoms with Gasteiger partial charge in [0, 0.05) is 5.02 Å². The fourth-order valence-electron chi connectivity index (χ4n) is 3.85. The average molecular weight is 321 g/mol. The molecule has 2 unspecified atom stereocenters. The molecular formula is C18H25ClN2O. The molecular weight excluding hydrogens is 296 g/mol. The predicted molar refractivity (Wildman–Crippen MR) is 90.2 cm³/mol. The van der Waals surface area contributed by atoms with Crippen molar-refractivity contribution >= 4 is 17.5 Å². The predicted octanol–water partition coefficient (Wildman–Crippen LogP) is 3.71. The van der Waals surface area contributed by atoms with Gasteiger partial charge in [-0.25, -0.2) is 0 Å². The van der Waals surface area contributed by atoms with E-state index in [9.17, 15) is 4.79 Å². The summed E-state index contributed by atoms with van der Waals surface area (Å²) in [5.41, 5.74) is 2.53. The molecule has 3 nitrogen and oxygen atoms in total. The maximum absolute atomic E-state index is 12.7. The number of likely N-dealkylation sites (tertiary alicyclic amines) is 1. The smallest absolute Gasteiger partial charge is 0.237 e. The molecule has 0 spiro atoms. The molecule has 120 valence electrons. The molecule has 3 rings (SSSR count). The summed E-state index contributed by atoms with van der Waals surface area (Å²) in [6, 6.07) is 6.25. The normalized spacial score (nSPS) is 25.0. The zero-order valence-electron chi connectivity index (χ0n) is 13.3. The summed E-state index contributed by atoms with van der Waals surface area (Å²) >= 11 is 6.06. The van der Waals surface area contributed by atoms with E-state index >= 15 is 0 Å². The maximum atomic E-state index is 12.7. The summed E-state index contributed by atoms with van der Waals surface area (Å²) in [5, 5.41) is 4.07. The van der Waals surface area contributed by atoms with E-state index in [1.807, 2.05) is 12.1 Å². The fourth-order valence-corrected chi connectivity index (χ4v) is 4.04. The van der Waals surface area contributed by atoms with E-state index in [-0.39, 0.29) is 18.0 Å². The van der Waals surface area contributed by atoms with Gasteiger partial charge in [0.2, 0.25) is 5.91 Å². The van der Waals surface area contributed by atoms with Crippen LogP contribution in [0.25, 0.3) is 0 Å². The highest BCUT2D eigenvalue weighted by molar-refractivity contribution is 6.30. The van der Waals surface area contributed by atoms with Gasteiger partial charge in [0.1, 0.15) is 0 Å². The molecule has 0 radical (unpaired) electrons. The molecule has 1 aromatic rings. The Morgan fingerprint density at radius 2 is 2.23 bits per heavy atom. The maximum Gasteiger partial charge on any atom is 0.237 e. The lowest BCUT2D eigenvalue weighted by atomic mass is 10.00. The highest BCUT2D eigenvalue weighted by Gasteiger charge is 2.31. The number of hydrogen-bond donors (Lipinski definition) is 1. The Balaban J connectivity index is 1.67. The average Bonchev–Trinajstić information content (AvgIpc) is 2.90. The van der Waals surface area contributed by atoms with Gasteiger partial charge in [-0.2, -0.15) is 0 Å². The molecule has 1 aromatic carbocycles. The van der Waals surface area contributed by atoms with Gasteiger partial charge in [-0.3, -0.25) is 9.69 Å². The van der Waals surface area contributed by atoms with Crippen LogP contribution < -0.4 is 5.32 Å². The zero-order chi connectivity index (χ0) is 15.5. The monoisotopic (exact) mass is 320 g/mol. The summed E-state index contributed by atoms with van der Waals surface area (Å²) in [7, 11) is 0. The Morgan fingerprint density at radius 3 is 3.05 bits per heavy atom. The van der Waals surface area contributed by atoms with Gasteiger partial charge in [-0.1, -0.05) is 31.0 Å². The molecule has 1 fully saturated rings. The molecule has 0 saturated carbocycles. The number of nitrogens with zero attached hydrogens (tertiary/aromatic N) is 1. The second-order valence-electron chi connectivity index (χ2n) is 6.49. The third-order valence-corrected chi connectivity index (χ3v) is 5.16. The van der Waals surface area contributed by atoms with Gasteiger partial charge in [0.15, 0.2) is 0 Å². The number of aryl methyl sites for hydroxylation is 1. The Hall–Kier alpha value is -1.06. The Bertz CT molecular complexity index is 544.